The van der Waals surface area contributed by atoms with E-state index in [0.29, 0.717) is 5.56 Å². The molecule has 0 N–H and O–H groups in total. The van der Waals surface area contributed by atoms with E-state index in [2.05, 4.69) is 29.4 Å². The summed E-state index contributed by atoms with van der Waals surface area (Å²) in [6, 6.07) is 27.6. The van der Waals surface area contributed by atoms with Gasteiger partial charge in [0.15, 0.2) is 0 Å². The molecule has 0 aliphatic carbocycles. The van der Waals surface area contributed by atoms with Gasteiger partial charge in [0.1, 0.15) is 0 Å². The van der Waals surface area contributed by atoms with Crippen molar-refractivity contribution in [3.63, 3.8) is 0 Å². The Morgan fingerprint density at radius 2 is 1.61 bits per heavy atom. The Labute approximate surface area is 164 Å². The van der Waals surface area contributed by atoms with Crippen molar-refractivity contribution < 1.29 is 4.79 Å². The van der Waals surface area contributed by atoms with Crippen LogP contribution in [0.3, 0.4) is 0 Å². The van der Waals surface area contributed by atoms with Crippen molar-refractivity contribution in [1.29, 1.82) is 0 Å². The van der Waals surface area contributed by atoms with E-state index < -0.39 is 0 Å². The van der Waals surface area contributed by atoms with Crippen molar-refractivity contribution in [1.82, 2.24) is 9.78 Å². The summed E-state index contributed by atoms with van der Waals surface area (Å²) >= 11 is 0. The summed E-state index contributed by atoms with van der Waals surface area (Å²) in [6.45, 7) is 0.727. The largest absolute Gasteiger partial charge is 0.311 e. The number of anilines is 1. The van der Waals surface area contributed by atoms with E-state index in [1.54, 1.807) is 11.1 Å². The Morgan fingerprint density at radius 3 is 2.32 bits per heavy atom. The number of carbonyl (C=O) groups excluding carboxylic acids is 1. The van der Waals surface area contributed by atoms with Crippen LogP contribution in [0.4, 0.5) is 5.69 Å². The van der Waals surface area contributed by atoms with Crippen LogP contribution in [-0.4, -0.2) is 22.7 Å². The number of amides is 1. The van der Waals surface area contributed by atoms with Crippen LogP contribution in [0.15, 0.2) is 97.3 Å². The van der Waals surface area contributed by atoms with Crippen LogP contribution in [0.5, 0.6) is 0 Å². The highest BCUT2D eigenvalue weighted by atomic mass is 16.2. The van der Waals surface area contributed by atoms with Gasteiger partial charge in [-0.15, -0.1) is 0 Å². The number of hydrogen-bond donors (Lipinski definition) is 0. The molecule has 3 aromatic carbocycles. The average molecular weight is 367 g/mol. The molecule has 0 spiro atoms. The fourth-order valence-corrected chi connectivity index (χ4v) is 3.24. The molecule has 4 rings (SSSR count). The van der Waals surface area contributed by atoms with Gasteiger partial charge in [0.25, 0.3) is 5.91 Å². The number of benzene rings is 3. The van der Waals surface area contributed by atoms with Gasteiger partial charge < -0.3 is 4.90 Å². The molecule has 0 saturated carbocycles. The van der Waals surface area contributed by atoms with E-state index in [1.807, 2.05) is 78.6 Å². The van der Waals surface area contributed by atoms with Gasteiger partial charge >= 0.3 is 0 Å². The molecule has 0 unspecified atom stereocenters. The van der Waals surface area contributed by atoms with Crippen molar-refractivity contribution in [3.05, 3.63) is 108 Å². The molecule has 0 saturated heterocycles. The monoisotopic (exact) mass is 367 g/mol. The third-order valence-corrected chi connectivity index (χ3v) is 4.77. The highest BCUT2D eigenvalue weighted by molar-refractivity contribution is 6.09. The Kier molecular flexibility index (Phi) is 5.02. The van der Waals surface area contributed by atoms with Crippen LogP contribution in [0, 0.1) is 0 Å². The first-order chi connectivity index (χ1) is 13.7. The van der Waals surface area contributed by atoms with Gasteiger partial charge in [-0.3, -0.25) is 9.48 Å². The zero-order valence-corrected chi connectivity index (χ0v) is 15.7. The molecule has 0 radical (unpaired) electrons. The molecule has 1 aromatic heterocycles. The van der Waals surface area contributed by atoms with E-state index >= 15 is 0 Å². The first-order valence-electron chi connectivity index (χ1n) is 9.21. The first-order valence-corrected chi connectivity index (χ1v) is 9.21. The second-order valence-corrected chi connectivity index (χ2v) is 6.65. The van der Waals surface area contributed by atoms with Crippen molar-refractivity contribution >= 4 is 11.6 Å². The Hall–Kier alpha value is -3.66. The highest BCUT2D eigenvalue weighted by Crippen LogP contribution is 2.26. The minimum absolute atomic E-state index is 0.0255. The van der Waals surface area contributed by atoms with E-state index in [-0.39, 0.29) is 5.91 Å². The number of nitrogens with zero attached hydrogens (tertiary/aromatic N) is 3. The molecule has 1 heterocycles. The molecular weight excluding hydrogens is 346 g/mol. The van der Waals surface area contributed by atoms with Crippen molar-refractivity contribution in [2.45, 2.75) is 6.54 Å². The molecule has 0 atom stereocenters. The molecule has 4 aromatic rings. The quantitative estimate of drug-likeness (QED) is 0.504. The predicted molar refractivity (Wildman–Crippen MR) is 112 cm³/mol. The van der Waals surface area contributed by atoms with Gasteiger partial charge in [-0.25, -0.2) is 0 Å². The molecule has 4 heteroatoms. The van der Waals surface area contributed by atoms with Crippen molar-refractivity contribution in [2.24, 2.45) is 0 Å². The van der Waals surface area contributed by atoms with Gasteiger partial charge in [-0.1, -0.05) is 60.7 Å². The number of rotatable bonds is 5. The minimum Gasteiger partial charge on any atom is -0.311 e. The molecular formula is C24H21N3O. The second-order valence-electron chi connectivity index (χ2n) is 6.65. The predicted octanol–water partition coefficient (Wildman–Crippen LogP) is 4.88. The summed E-state index contributed by atoms with van der Waals surface area (Å²) in [5.74, 6) is -0.0255. The molecule has 0 bridgehead atoms. The van der Waals surface area contributed by atoms with Gasteiger partial charge in [0, 0.05) is 30.7 Å². The highest BCUT2D eigenvalue weighted by Gasteiger charge is 2.17. The number of para-hydroxylation sites is 1. The van der Waals surface area contributed by atoms with Crippen LogP contribution >= 0.6 is 0 Å². The Bertz CT molecular complexity index is 1050. The maximum atomic E-state index is 13.1. The second kappa shape index (κ2) is 7.92. The Morgan fingerprint density at radius 1 is 0.893 bits per heavy atom. The number of aromatic nitrogens is 2. The SMILES string of the molecule is CN(C(=O)c1ccccc1-c1ccc(Cn2cccn2)cc1)c1ccccc1. The molecule has 28 heavy (non-hydrogen) atoms. The third-order valence-electron chi connectivity index (χ3n) is 4.77. The lowest BCUT2D eigenvalue weighted by Gasteiger charge is -2.19. The van der Waals surface area contributed by atoms with Crippen LogP contribution in [0.2, 0.25) is 0 Å². The van der Waals surface area contributed by atoms with E-state index in [0.717, 1.165) is 28.9 Å². The fraction of sp³-hybridized carbons (Fsp3) is 0.0833. The summed E-state index contributed by atoms with van der Waals surface area (Å²) in [6.07, 6.45) is 3.72. The van der Waals surface area contributed by atoms with Gasteiger partial charge in [0.05, 0.1) is 6.54 Å². The lowest BCUT2D eigenvalue weighted by Crippen LogP contribution is -2.26. The molecule has 4 nitrogen and oxygen atoms in total. The smallest absolute Gasteiger partial charge is 0.258 e. The normalized spacial score (nSPS) is 10.6. The summed E-state index contributed by atoms with van der Waals surface area (Å²) < 4.78 is 1.89. The van der Waals surface area contributed by atoms with E-state index in [1.165, 1.54) is 0 Å². The Balaban J connectivity index is 1.61. The number of carbonyl (C=O) groups is 1. The first kappa shape index (κ1) is 17.7. The standard InChI is InChI=1S/C24H21N3O/c1-26(21-8-3-2-4-9-21)24(28)23-11-6-5-10-22(23)20-14-12-19(13-15-20)18-27-17-7-16-25-27/h2-17H,18H2,1H3. The maximum Gasteiger partial charge on any atom is 0.258 e. The summed E-state index contributed by atoms with van der Waals surface area (Å²) in [5.41, 5.74) is 4.68. The molecule has 0 fully saturated rings. The summed E-state index contributed by atoms with van der Waals surface area (Å²) in [4.78, 5) is 14.8. The topological polar surface area (TPSA) is 38.1 Å². The fourth-order valence-electron chi connectivity index (χ4n) is 3.24. The van der Waals surface area contributed by atoms with Gasteiger partial charge in [0.2, 0.25) is 0 Å². The number of hydrogen-bond acceptors (Lipinski definition) is 2. The van der Waals surface area contributed by atoms with Crippen molar-refractivity contribution in [3.8, 4) is 11.1 Å². The van der Waals surface area contributed by atoms with Crippen LogP contribution < -0.4 is 4.90 Å². The lowest BCUT2D eigenvalue weighted by atomic mass is 9.97. The average Bonchev–Trinajstić information content (AvgIpc) is 3.27. The molecule has 0 aliphatic rings. The lowest BCUT2D eigenvalue weighted by molar-refractivity contribution is 0.0993. The van der Waals surface area contributed by atoms with Crippen molar-refractivity contribution in [2.75, 3.05) is 11.9 Å². The molecule has 138 valence electrons. The van der Waals surface area contributed by atoms with E-state index in [4.69, 9.17) is 0 Å². The van der Waals surface area contributed by atoms with Gasteiger partial charge in [-0.2, -0.15) is 5.10 Å². The zero-order chi connectivity index (χ0) is 19.3. The van der Waals surface area contributed by atoms with E-state index in [9.17, 15) is 4.79 Å². The van der Waals surface area contributed by atoms with Crippen LogP contribution in [-0.2, 0) is 6.54 Å². The summed E-state index contributed by atoms with van der Waals surface area (Å²) in [7, 11) is 1.81. The van der Waals surface area contributed by atoms with Crippen LogP contribution in [0.1, 0.15) is 15.9 Å². The third kappa shape index (κ3) is 3.71. The van der Waals surface area contributed by atoms with Crippen LogP contribution in [0.25, 0.3) is 11.1 Å². The minimum atomic E-state index is -0.0255. The maximum absolute atomic E-state index is 13.1. The molecule has 0 aliphatic heterocycles. The zero-order valence-electron chi connectivity index (χ0n) is 15.7. The summed E-state index contributed by atoms with van der Waals surface area (Å²) in [5, 5.41) is 4.24. The molecule has 1 amide bonds. The van der Waals surface area contributed by atoms with Gasteiger partial charge in [-0.05, 0) is 41.0 Å².